The molecule has 0 saturated heterocycles. The van der Waals surface area contributed by atoms with Gasteiger partial charge in [-0.05, 0) is 57.2 Å². The molecule has 1 aromatic heterocycles. The van der Waals surface area contributed by atoms with Crippen LogP contribution in [-0.4, -0.2) is 41.4 Å². The van der Waals surface area contributed by atoms with E-state index < -0.39 is 0 Å². The zero-order valence-electron chi connectivity index (χ0n) is 18.6. The van der Waals surface area contributed by atoms with Crippen LogP contribution in [0.5, 0.6) is 0 Å². The van der Waals surface area contributed by atoms with Crippen molar-refractivity contribution >= 4 is 35.0 Å². The van der Waals surface area contributed by atoms with Crippen molar-refractivity contribution in [2.75, 3.05) is 35.2 Å². The highest BCUT2D eigenvalue weighted by atomic mass is 16.2. The Morgan fingerprint density at radius 2 is 1.56 bits per heavy atom. The lowest BCUT2D eigenvalue weighted by atomic mass is 10.2. The summed E-state index contributed by atoms with van der Waals surface area (Å²) in [5, 5.41) is 8.59. The molecule has 0 atom stereocenters. The van der Waals surface area contributed by atoms with Crippen LogP contribution in [0.4, 0.5) is 23.1 Å². The van der Waals surface area contributed by atoms with E-state index >= 15 is 0 Å². The number of nitrogens with one attached hydrogen (secondary N) is 3. The van der Waals surface area contributed by atoms with Crippen LogP contribution in [0.3, 0.4) is 0 Å². The Labute approximate surface area is 188 Å². The molecular formula is C24H28N6O2. The van der Waals surface area contributed by atoms with E-state index in [9.17, 15) is 9.59 Å². The highest BCUT2D eigenvalue weighted by Crippen LogP contribution is 2.20. The van der Waals surface area contributed by atoms with E-state index in [2.05, 4.69) is 44.7 Å². The van der Waals surface area contributed by atoms with Gasteiger partial charge >= 0.3 is 0 Å². The lowest BCUT2D eigenvalue weighted by Gasteiger charge is -2.20. The molecule has 0 aliphatic rings. The molecule has 3 rings (SSSR count). The largest absolute Gasteiger partial charge is 0.357 e. The van der Waals surface area contributed by atoms with E-state index in [1.54, 1.807) is 36.4 Å². The summed E-state index contributed by atoms with van der Waals surface area (Å²) in [4.78, 5) is 35.4. The van der Waals surface area contributed by atoms with Crippen LogP contribution in [0.1, 0.15) is 29.9 Å². The minimum atomic E-state index is -0.305. The first-order valence-electron chi connectivity index (χ1n) is 10.6. The van der Waals surface area contributed by atoms with Crippen molar-refractivity contribution in [2.45, 2.75) is 20.8 Å². The average Bonchev–Trinajstić information content (AvgIpc) is 2.80. The van der Waals surface area contributed by atoms with Gasteiger partial charge in [0.15, 0.2) is 0 Å². The third-order valence-corrected chi connectivity index (χ3v) is 4.80. The molecule has 166 valence electrons. The molecule has 3 N–H and O–H groups in total. The molecule has 1 heterocycles. The minimum Gasteiger partial charge on any atom is -0.357 e. The van der Waals surface area contributed by atoms with Crippen LogP contribution in [0.2, 0.25) is 0 Å². The number of aromatic nitrogens is 2. The number of amides is 2. The first kappa shape index (κ1) is 22.7. The van der Waals surface area contributed by atoms with Crippen molar-refractivity contribution in [1.29, 1.82) is 0 Å². The maximum Gasteiger partial charge on any atom is 0.251 e. The fourth-order valence-electron chi connectivity index (χ4n) is 3.14. The number of benzene rings is 2. The van der Waals surface area contributed by atoms with Gasteiger partial charge in [-0.3, -0.25) is 9.59 Å². The molecule has 0 radical (unpaired) electrons. The van der Waals surface area contributed by atoms with Gasteiger partial charge in [0.25, 0.3) is 5.91 Å². The van der Waals surface area contributed by atoms with Gasteiger partial charge in [0, 0.05) is 41.8 Å². The third kappa shape index (κ3) is 6.28. The van der Waals surface area contributed by atoms with Gasteiger partial charge in [0.1, 0.15) is 5.82 Å². The monoisotopic (exact) mass is 432 g/mol. The SMILES string of the molecule is CCN(CC)c1cc(C)nc(Nc2ccc(NC(=O)CNC(=O)c3ccccc3)cc2)n1. The second kappa shape index (κ2) is 10.9. The van der Waals surface area contributed by atoms with Crippen LogP contribution >= 0.6 is 0 Å². The Kier molecular flexibility index (Phi) is 7.75. The highest BCUT2D eigenvalue weighted by molar-refractivity contribution is 5.99. The predicted molar refractivity (Wildman–Crippen MR) is 127 cm³/mol. The third-order valence-electron chi connectivity index (χ3n) is 4.80. The molecule has 0 bridgehead atoms. The number of hydrogen-bond acceptors (Lipinski definition) is 6. The van der Waals surface area contributed by atoms with E-state index in [1.807, 2.05) is 31.2 Å². The van der Waals surface area contributed by atoms with Gasteiger partial charge in [-0.1, -0.05) is 18.2 Å². The summed E-state index contributed by atoms with van der Waals surface area (Å²) in [5.74, 6) is 0.808. The standard InChI is InChI=1S/C24H28N6O2/c1-4-30(5-2)21-15-17(3)26-24(29-21)28-20-13-11-19(12-14-20)27-22(31)16-25-23(32)18-9-7-6-8-10-18/h6-15H,4-5,16H2,1-3H3,(H,25,32)(H,27,31)(H,26,28,29). The number of carbonyl (C=O) groups excluding carboxylic acids is 2. The van der Waals surface area contributed by atoms with Crippen LogP contribution in [0.15, 0.2) is 60.7 Å². The molecule has 32 heavy (non-hydrogen) atoms. The zero-order valence-corrected chi connectivity index (χ0v) is 18.6. The molecular weight excluding hydrogens is 404 g/mol. The summed E-state index contributed by atoms with van der Waals surface area (Å²) in [6.07, 6.45) is 0. The van der Waals surface area contributed by atoms with E-state index in [4.69, 9.17) is 0 Å². The maximum atomic E-state index is 12.2. The number of aryl methyl sites for hydroxylation is 1. The van der Waals surface area contributed by atoms with E-state index in [0.29, 0.717) is 17.2 Å². The van der Waals surface area contributed by atoms with Crippen molar-refractivity contribution < 1.29 is 9.59 Å². The quantitative estimate of drug-likeness (QED) is 0.476. The van der Waals surface area contributed by atoms with Crippen LogP contribution in [-0.2, 0) is 4.79 Å². The van der Waals surface area contributed by atoms with Gasteiger partial charge in [-0.2, -0.15) is 4.98 Å². The summed E-state index contributed by atoms with van der Waals surface area (Å²) in [6, 6.07) is 18.0. The average molecular weight is 433 g/mol. The smallest absolute Gasteiger partial charge is 0.251 e. The van der Waals surface area contributed by atoms with Gasteiger partial charge in [-0.15, -0.1) is 0 Å². The van der Waals surface area contributed by atoms with Crippen molar-refractivity contribution in [3.63, 3.8) is 0 Å². The Morgan fingerprint density at radius 1 is 0.906 bits per heavy atom. The maximum absolute atomic E-state index is 12.2. The second-order valence-corrected chi connectivity index (χ2v) is 7.16. The fraction of sp³-hybridized carbons (Fsp3) is 0.250. The van der Waals surface area contributed by atoms with Crippen LogP contribution in [0.25, 0.3) is 0 Å². The predicted octanol–water partition coefficient (Wildman–Crippen LogP) is 3.74. The lowest BCUT2D eigenvalue weighted by Crippen LogP contribution is -2.32. The molecule has 0 fully saturated rings. The van der Waals surface area contributed by atoms with Crippen molar-refractivity contribution in [1.82, 2.24) is 15.3 Å². The number of anilines is 4. The molecule has 2 aromatic carbocycles. The normalized spacial score (nSPS) is 10.3. The first-order valence-corrected chi connectivity index (χ1v) is 10.6. The summed E-state index contributed by atoms with van der Waals surface area (Å²) < 4.78 is 0. The Hall–Kier alpha value is -3.94. The topological polar surface area (TPSA) is 99.3 Å². The molecule has 8 heteroatoms. The van der Waals surface area contributed by atoms with Crippen molar-refractivity contribution in [3.05, 3.63) is 71.9 Å². The molecule has 0 saturated carbocycles. The van der Waals surface area contributed by atoms with E-state index in [1.165, 1.54) is 0 Å². The number of rotatable bonds is 9. The Bertz CT molecular complexity index is 1050. The molecule has 2 amide bonds. The summed E-state index contributed by atoms with van der Waals surface area (Å²) in [5.41, 5.74) is 2.82. The molecule has 8 nitrogen and oxygen atoms in total. The zero-order chi connectivity index (χ0) is 22.9. The van der Waals surface area contributed by atoms with E-state index in [-0.39, 0.29) is 18.4 Å². The molecule has 0 unspecified atom stereocenters. The summed E-state index contributed by atoms with van der Waals surface area (Å²) >= 11 is 0. The highest BCUT2D eigenvalue weighted by Gasteiger charge is 2.09. The van der Waals surface area contributed by atoms with Gasteiger partial charge < -0.3 is 20.9 Å². The van der Waals surface area contributed by atoms with Gasteiger partial charge in [-0.25, -0.2) is 4.98 Å². The fourth-order valence-corrected chi connectivity index (χ4v) is 3.14. The number of nitrogens with zero attached hydrogens (tertiary/aromatic N) is 3. The van der Waals surface area contributed by atoms with Gasteiger partial charge in [0.2, 0.25) is 11.9 Å². The second-order valence-electron chi connectivity index (χ2n) is 7.16. The number of carbonyl (C=O) groups is 2. The van der Waals surface area contributed by atoms with Crippen LogP contribution in [0, 0.1) is 6.92 Å². The summed E-state index contributed by atoms with van der Waals surface area (Å²) in [6.45, 7) is 7.75. The molecule has 0 aliphatic heterocycles. The summed E-state index contributed by atoms with van der Waals surface area (Å²) in [7, 11) is 0. The van der Waals surface area contributed by atoms with Crippen molar-refractivity contribution in [3.8, 4) is 0 Å². The molecule has 3 aromatic rings. The van der Waals surface area contributed by atoms with Gasteiger partial charge in [0.05, 0.1) is 6.54 Å². The van der Waals surface area contributed by atoms with Crippen LogP contribution < -0.4 is 20.9 Å². The minimum absolute atomic E-state index is 0.112. The first-order chi connectivity index (χ1) is 15.5. The lowest BCUT2D eigenvalue weighted by molar-refractivity contribution is -0.115. The van der Waals surface area contributed by atoms with E-state index in [0.717, 1.165) is 30.3 Å². The molecule has 0 aliphatic carbocycles. The molecule has 0 spiro atoms. The number of hydrogen-bond donors (Lipinski definition) is 3. The Morgan fingerprint density at radius 3 is 2.22 bits per heavy atom. The van der Waals surface area contributed by atoms with Crippen molar-refractivity contribution in [2.24, 2.45) is 0 Å². The Balaban J connectivity index is 1.56.